The van der Waals surface area contributed by atoms with Crippen LogP contribution in [0, 0.1) is 13.8 Å². The van der Waals surface area contributed by atoms with Crippen molar-refractivity contribution in [3.8, 4) is 0 Å². The zero-order valence-corrected chi connectivity index (χ0v) is 17.0. The molecule has 28 heavy (non-hydrogen) atoms. The second-order valence-corrected chi connectivity index (χ2v) is 7.84. The summed E-state index contributed by atoms with van der Waals surface area (Å²) in [5.41, 5.74) is 7.13. The van der Waals surface area contributed by atoms with Gasteiger partial charge in [-0.05, 0) is 43.5 Å². The standard InChI is InChI=1S/C22H22N4OS/c1-4-15-7-5-6-14(3)19(15)26-18(27)11-28-22-21-20(23-12-24-22)16-10-13(2)8-9-17(16)25-21/h5-10,12,25H,4,11H2,1-3H3,(H,26,27). The van der Waals surface area contributed by atoms with Crippen molar-refractivity contribution in [1.82, 2.24) is 15.0 Å². The molecular weight excluding hydrogens is 368 g/mol. The van der Waals surface area contributed by atoms with Crippen LogP contribution in [0.15, 0.2) is 47.8 Å². The van der Waals surface area contributed by atoms with E-state index in [4.69, 9.17) is 0 Å². The number of aromatic amines is 1. The van der Waals surface area contributed by atoms with Gasteiger partial charge in [-0.15, -0.1) is 0 Å². The maximum Gasteiger partial charge on any atom is 0.234 e. The highest BCUT2D eigenvalue weighted by Gasteiger charge is 2.14. The number of benzene rings is 2. The summed E-state index contributed by atoms with van der Waals surface area (Å²) >= 11 is 1.42. The van der Waals surface area contributed by atoms with Crippen molar-refractivity contribution in [2.75, 3.05) is 11.1 Å². The number of amides is 1. The molecule has 2 N–H and O–H groups in total. The predicted molar refractivity (Wildman–Crippen MR) is 116 cm³/mol. The average molecular weight is 391 g/mol. The number of thioether (sulfide) groups is 1. The Morgan fingerprint density at radius 1 is 1.18 bits per heavy atom. The lowest BCUT2D eigenvalue weighted by molar-refractivity contribution is -0.113. The van der Waals surface area contributed by atoms with Crippen LogP contribution in [0.1, 0.15) is 23.6 Å². The van der Waals surface area contributed by atoms with Gasteiger partial charge in [-0.1, -0.05) is 48.5 Å². The van der Waals surface area contributed by atoms with Crippen LogP contribution in [0.25, 0.3) is 21.9 Å². The number of hydrogen-bond acceptors (Lipinski definition) is 4. The van der Waals surface area contributed by atoms with Crippen molar-refractivity contribution in [2.45, 2.75) is 32.2 Å². The van der Waals surface area contributed by atoms with Crippen molar-refractivity contribution >= 4 is 45.3 Å². The lowest BCUT2D eigenvalue weighted by Crippen LogP contribution is -2.16. The summed E-state index contributed by atoms with van der Waals surface area (Å²) in [7, 11) is 0. The maximum atomic E-state index is 12.6. The van der Waals surface area contributed by atoms with Crippen LogP contribution < -0.4 is 5.32 Å². The van der Waals surface area contributed by atoms with E-state index in [0.29, 0.717) is 0 Å². The molecule has 4 aromatic rings. The Morgan fingerprint density at radius 2 is 2.04 bits per heavy atom. The molecule has 2 aromatic heterocycles. The number of carbonyl (C=O) groups excluding carboxylic acids is 1. The number of nitrogens with zero attached hydrogens (tertiary/aromatic N) is 2. The molecule has 4 rings (SSSR count). The summed E-state index contributed by atoms with van der Waals surface area (Å²) in [5.74, 6) is 0.255. The summed E-state index contributed by atoms with van der Waals surface area (Å²) in [6.45, 7) is 6.17. The first kappa shape index (κ1) is 18.5. The largest absolute Gasteiger partial charge is 0.351 e. The zero-order valence-electron chi connectivity index (χ0n) is 16.2. The fourth-order valence-electron chi connectivity index (χ4n) is 3.40. The van der Waals surface area contributed by atoms with Crippen LogP contribution >= 0.6 is 11.8 Å². The predicted octanol–water partition coefficient (Wildman–Crippen LogP) is 5.02. The van der Waals surface area contributed by atoms with Gasteiger partial charge in [-0.3, -0.25) is 4.79 Å². The van der Waals surface area contributed by atoms with Gasteiger partial charge < -0.3 is 10.3 Å². The number of carbonyl (C=O) groups is 1. The van der Waals surface area contributed by atoms with E-state index in [1.54, 1.807) is 6.33 Å². The van der Waals surface area contributed by atoms with Crippen LogP contribution in [-0.2, 0) is 11.2 Å². The van der Waals surface area contributed by atoms with Gasteiger partial charge in [0.15, 0.2) is 0 Å². The summed E-state index contributed by atoms with van der Waals surface area (Å²) in [6.07, 6.45) is 2.44. The third kappa shape index (κ3) is 3.47. The number of rotatable bonds is 5. The molecule has 0 radical (unpaired) electrons. The normalized spacial score (nSPS) is 11.2. The number of hydrogen-bond donors (Lipinski definition) is 2. The number of aromatic nitrogens is 3. The minimum absolute atomic E-state index is 0.0345. The second kappa shape index (κ2) is 7.64. The Morgan fingerprint density at radius 3 is 2.86 bits per heavy atom. The van der Waals surface area contributed by atoms with Gasteiger partial charge >= 0.3 is 0 Å². The molecule has 1 amide bonds. The highest BCUT2D eigenvalue weighted by atomic mass is 32.2. The Kier molecular flexibility index (Phi) is 5.05. The van der Waals surface area contributed by atoms with Crippen LogP contribution in [0.2, 0.25) is 0 Å². The van der Waals surface area contributed by atoms with Crippen LogP contribution in [0.5, 0.6) is 0 Å². The van der Waals surface area contributed by atoms with E-state index in [-0.39, 0.29) is 11.7 Å². The van der Waals surface area contributed by atoms with Gasteiger partial charge in [0.1, 0.15) is 16.9 Å². The Bertz CT molecular complexity index is 1180. The number of aryl methyl sites for hydroxylation is 3. The van der Waals surface area contributed by atoms with Crippen LogP contribution in [0.3, 0.4) is 0 Å². The first-order chi connectivity index (χ1) is 13.6. The minimum atomic E-state index is -0.0345. The lowest BCUT2D eigenvalue weighted by atomic mass is 10.1. The van der Waals surface area contributed by atoms with Gasteiger partial charge in [0, 0.05) is 16.6 Å². The molecule has 0 bridgehead atoms. The summed E-state index contributed by atoms with van der Waals surface area (Å²) in [6, 6.07) is 12.3. The molecule has 0 saturated carbocycles. The van der Waals surface area contributed by atoms with Crippen molar-refractivity contribution in [2.24, 2.45) is 0 Å². The lowest BCUT2D eigenvalue weighted by Gasteiger charge is -2.12. The van der Waals surface area contributed by atoms with E-state index < -0.39 is 0 Å². The van der Waals surface area contributed by atoms with Crippen molar-refractivity contribution < 1.29 is 4.79 Å². The van der Waals surface area contributed by atoms with E-state index in [2.05, 4.69) is 58.4 Å². The molecule has 0 fully saturated rings. The van der Waals surface area contributed by atoms with E-state index in [9.17, 15) is 4.79 Å². The molecule has 2 heterocycles. The topological polar surface area (TPSA) is 70.7 Å². The molecule has 0 aliphatic heterocycles. The van der Waals surface area contributed by atoms with Gasteiger partial charge in [0.25, 0.3) is 0 Å². The Hall–Kier alpha value is -2.86. The smallest absolute Gasteiger partial charge is 0.234 e. The zero-order chi connectivity index (χ0) is 19.7. The molecule has 5 nitrogen and oxygen atoms in total. The first-order valence-electron chi connectivity index (χ1n) is 9.31. The molecule has 0 saturated heterocycles. The number of para-hydroxylation sites is 1. The SMILES string of the molecule is CCc1cccc(C)c1NC(=O)CSc1ncnc2c1[nH]c1ccc(C)cc12. The van der Waals surface area contributed by atoms with E-state index in [1.807, 2.05) is 19.1 Å². The third-order valence-corrected chi connectivity index (χ3v) is 5.84. The maximum absolute atomic E-state index is 12.6. The van der Waals surface area contributed by atoms with Crippen molar-refractivity contribution in [1.29, 1.82) is 0 Å². The number of H-pyrrole nitrogens is 1. The third-order valence-electron chi connectivity index (χ3n) is 4.85. The Labute approximate surface area is 168 Å². The molecule has 0 spiro atoms. The van der Waals surface area contributed by atoms with Crippen LogP contribution in [0.4, 0.5) is 5.69 Å². The van der Waals surface area contributed by atoms with Gasteiger partial charge in [0.05, 0.1) is 11.3 Å². The Balaban J connectivity index is 1.56. The first-order valence-corrected chi connectivity index (χ1v) is 10.3. The number of nitrogens with one attached hydrogen (secondary N) is 2. The van der Waals surface area contributed by atoms with E-state index in [0.717, 1.165) is 50.2 Å². The van der Waals surface area contributed by atoms with Gasteiger partial charge in [-0.2, -0.15) is 0 Å². The molecule has 0 aliphatic rings. The molecule has 6 heteroatoms. The molecule has 0 aliphatic carbocycles. The summed E-state index contributed by atoms with van der Waals surface area (Å²) < 4.78 is 0. The van der Waals surface area contributed by atoms with Crippen LogP contribution in [-0.4, -0.2) is 26.6 Å². The summed E-state index contributed by atoms with van der Waals surface area (Å²) in [4.78, 5) is 24.8. The number of fused-ring (bicyclic) bond motifs is 3. The highest BCUT2D eigenvalue weighted by Crippen LogP contribution is 2.30. The van der Waals surface area contributed by atoms with Crippen molar-refractivity contribution in [3.63, 3.8) is 0 Å². The molecular formula is C22H22N4OS. The average Bonchev–Trinajstić information content (AvgIpc) is 3.06. The second-order valence-electron chi connectivity index (χ2n) is 6.88. The minimum Gasteiger partial charge on any atom is -0.351 e. The molecule has 2 aromatic carbocycles. The number of anilines is 1. The molecule has 142 valence electrons. The molecule has 0 atom stereocenters. The van der Waals surface area contributed by atoms with E-state index >= 15 is 0 Å². The molecule has 0 unspecified atom stereocenters. The highest BCUT2D eigenvalue weighted by molar-refractivity contribution is 8.00. The quantitative estimate of drug-likeness (QED) is 0.371. The fourth-order valence-corrected chi connectivity index (χ4v) is 4.16. The van der Waals surface area contributed by atoms with E-state index in [1.165, 1.54) is 17.3 Å². The van der Waals surface area contributed by atoms with Gasteiger partial charge in [0.2, 0.25) is 5.91 Å². The summed E-state index contributed by atoms with van der Waals surface area (Å²) in [5, 5.41) is 4.94. The van der Waals surface area contributed by atoms with Crippen molar-refractivity contribution in [3.05, 3.63) is 59.4 Å². The monoisotopic (exact) mass is 390 g/mol. The van der Waals surface area contributed by atoms with Gasteiger partial charge in [-0.25, -0.2) is 9.97 Å². The fraction of sp³-hybridized carbons (Fsp3) is 0.227.